The van der Waals surface area contributed by atoms with Gasteiger partial charge in [0.1, 0.15) is 11.6 Å². The monoisotopic (exact) mass is 313 g/mol. The van der Waals surface area contributed by atoms with E-state index in [0.717, 1.165) is 34.4 Å². The van der Waals surface area contributed by atoms with Crippen LogP contribution in [0, 0.1) is 5.82 Å². The second kappa shape index (κ2) is 6.75. The van der Waals surface area contributed by atoms with Gasteiger partial charge in [-0.3, -0.25) is 4.57 Å². The van der Waals surface area contributed by atoms with Gasteiger partial charge in [0.15, 0.2) is 5.16 Å². The van der Waals surface area contributed by atoms with Crippen molar-refractivity contribution in [3.8, 4) is 5.69 Å². The van der Waals surface area contributed by atoms with Gasteiger partial charge in [-0.05, 0) is 29.8 Å². The zero-order valence-electron chi connectivity index (χ0n) is 12.2. The van der Waals surface area contributed by atoms with E-state index in [0.29, 0.717) is 0 Å². The highest BCUT2D eigenvalue weighted by Gasteiger charge is 2.13. The van der Waals surface area contributed by atoms with Gasteiger partial charge in [-0.1, -0.05) is 49.0 Å². The van der Waals surface area contributed by atoms with Crippen molar-refractivity contribution in [3.05, 3.63) is 71.8 Å². The average molecular weight is 313 g/mol. The van der Waals surface area contributed by atoms with Crippen LogP contribution < -0.4 is 0 Å². The number of nitrogens with zero attached hydrogens (tertiary/aromatic N) is 3. The fourth-order valence-corrected chi connectivity index (χ4v) is 3.11. The van der Waals surface area contributed by atoms with Gasteiger partial charge in [0.05, 0.1) is 0 Å². The Kier molecular flexibility index (Phi) is 4.53. The SMILES string of the molecule is CCc1nnc(SCc2ccc(F)cc2)n1-c1ccccc1. The zero-order valence-corrected chi connectivity index (χ0v) is 13.1. The summed E-state index contributed by atoms with van der Waals surface area (Å²) in [4.78, 5) is 0. The number of aryl methyl sites for hydroxylation is 1. The van der Waals surface area contributed by atoms with Gasteiger partial charge in [-0.25, -0.2) is 4.39 Å². The Labute approximate surface area is 133 Å². The molecule has 0 unspecified atom stereocenters. The number of benzene rings is 2. The van der Waals surface area contributed by atoms with E-state index in [2.05, 4.69) is 21.7 Å². The number of thioether (sulfide) groups is 1. The first-order valence-electron chi connectivity index (χ1n) is 7.15. The molecule has 112 valence electrons. The number of halogens is 1. The van der Waals surface area contributed by atoms with Gasteiger partial charge in [-0.15, -0.1) is 10.2 Å². The molecule has 0 aliphatic heterocycles. The normalized spacial score (nSPS) is 10.8. The Morgan fingerprint density at radius 1 is 1.00 bits per heavy atom. The van der Waals surface area contributed by atoms with Crippen LogP contribution in [0.5, 0.6) is 0 Å². The third kappa shape index (κ3) is 3.20. The first kappa shape index (κ1) is 14.8. The minimum absolute atomic E-state index is 0.213. The molecular weight excluding hydrogens is 297 g/mol. The molecule has 0 saturated heterocycles. The summed E-state index contributed by atoms with van der Waals surface area (Å²) < 4.78 is 15.0. The number of hydrogen-bond acceptors (Lipinski definition) is 3. The summed E-state index contributed by atoms with van der Waals surface area (Å²) in [5, 5.41) is 9.42. The lowest BCUT2D eigenvalue weighted by Gasteiger charge is -2.09. The predicted molar refractivity (Wildman–Crippen MR) is 86.7 cm³/mol. The van der Waals surface area contributed by atoms with E-state index >= 15 is 0 Å². The van der Waals surface area contributed by atoms with Crippen molar-refractivity contribution in [1.29, 1.82) is 0 Å². The molecule has 2 aromatic carbocycles. The van der Waals surface area contributed by atoms with E-state index in [1.54, 1.807) is 23.9 Å². The summed E-state index contributed by atoms with van der Waals surface area (Å²) in [7, 11) is 0. The van der Waals surface area contributed by atoms with Crippen molar-refractivity contribution in [1.82, 2.24) is 14.8 Å². The maximum atomic E-state index is 13.0. The van der Waals surface area contributed by atoms with Gasteiger partial charge >= 0.3 is 0 Å². The summed E-state index contributed by atoms with van der Waals surface area (Å²) in [5.74, 6) is 1.46. The number of para-hydroxylation sites is 1. The Morgan fingerprint density at radius 2 is 1.73 bits per heavy atom. The van der Waals surface area contributed by atoms with Crippen LogP contribution in [0.15, 0.2) is 59.8 Å². The maximum Gasteiger partial charge on any atom is 0.196 e. The maximum absolute atomic E-state index is 13.0. The van der Waals surface area contributed by atoms with E-state index in [9.17, 15) is 4.39 Å². The molecule has 0 atom stereocenters. The molecule has 0 aliphatic carbocycles. The van der Waals surface area contributed by atoms with Crippen molar-refractivity contribution >= 4 is 11.8 Å². The summed E-state index contributed by atoms with van der Waals surface area (Å²) in [5.41, 5.74) is 2.12. The van der Waals surface area contributed by atoms with Crippen LogP contribution in [0.3, 0.4) is 0 Å². The minimum Gasteiger partial charge on any atom is -0.274 e. The molecule has 3 aromatic rings. The van der Waals surface area contributed by atoms with Crippen LogP contribution in [0.25, 0.3) is 5.69 Å². The molecule has 0 aliphatic rings. The van der Waals surface area contributed by atoms with Gasteiger partial charge in [0.25, 0.3) is 0 Å². The summed E-state index contributed by atoms with van der Waals surface area (Å²) in [6.45, 7) is 2.07. The van der Waals surface area contributed by atoms with Crippen molar-refractivity contribution in [2.75, 3.05) is 0 Å². The highest BCUT2D eigenvalue weighted by atomic mass is 32.2. The summed E-state index contributed by atoms with van der Waals surface area (Å²) >= 11 is 1.60. The van der Waals surface area contributed by atoms with Crippen molar-refractivity contribution < 1.29 is 4.39 Å². The van der Waals surface area contributed by atoms with Gasteiger partial charge in [-0.2, -0.15) is 0 Å². The Bertz CT molecular complexity index is 738. The standard InChI is InChI=1S/C17H16FN3S/c1-2-16-19-20-17(21(16)15-6-4-3-5-7-15)22-12-13-8-10-14(18)11-9-13/h3-11H,2,12H2,1H3. The topological polar surface area (TPSA) is 30.7 Å². The molecule has 5 heteroatoms. The number of aromatic nitrogens is 3. The van der Waals surface area contributed by atoms with E-state index in [1.807, 2.05) is 30.3 Å². The highest BCUT2D eigenvalue weighted by Crippen LogP contribution is 2.25. The first-order chi connectivity index (χ1) is 10.8. The zero-order chi connectivity index (χ0) is 15.4. The molecule has 0 spiro atoms. The Morgan fingerprint density at radius 3 is 2.41 bits per heavy atom. The summed E-state index contributed by atoms with van der Waals surface area (Å²) in [6.07, 6.45) is 0.818. The molecule has 0 radical (unpaired) electrons. The lowest BCUT2D eigenvalue weighted by atomic mass is 10.2. The van der Waals surface area contributed by atoms with E-state index in [-0.39, 0.29) is 5.82 Å². The molecule has 22 heavy (non-hydrogen) atoms. The first-order valence-corrected chi connectivity index (χ1v) is 8.13. The van der Waals surface area contributed by atoms with Crippen LogP contribution in [0.4, 0.5) is 4.39 Å². The van der Waals surface area contributed by atoms with Crippen LogP contribution in [0.2, 0.25) is 0 Å². The van der Waals surface area contributed by atoms with Crippen molar-refractivity contribution in [2.24, 2.45) is 0 Å². The molecule has 3 nitrogen and oxygen atoms in total. The molecule has 0 amide bonds. The molecular formula is C17H16FN3S. The van der Waals surface area contributed by atoms with Crippen LogP contribution in [0.1, 0.15) is 18.3 Å². The van der Waals surface area contributed by atoms with Gasteiger partial charge in [0, 0.05) is 17.9 Å². The number of hydrogen-bond donors (Lipinski definition) is 0. The third-order valence-corrected chi connectivity index (χ3v) is 4.31. The Hall–Kier alpha value is -2.14. The predicted octanol–water partition coefficient (Wildman–Crippen LogP) is 4.26. The molecule has 0 bridgehead atoms. The lowest BCUT2D eigenvalue weighted by molar-refractivity contribution is 0.627. The van der Waals surface area contributed by atoms with Crippen LogP contribution in [-0.4, -0.2) is 14.8 Å². The molecule has 0 N–H and O–H groups in total. The van der Waals surface area contributed by atoms with E-state index in [1.165, 1.54) is 12.1 Å². The number of rotatable bonds is 5. The summed E-state index contributed by atoms with van der Waals surface area (Å²) in [6, 6.07) is 16.6. The lowest BCUT2D eigenvalue weighted by Crippen LogP contribution is -2.01. The smallest absolute Gasteiger partial charge is 0.196 e. The average Bonchev–Trinajstić information content (AvgIpc) is 2.98. The van der Waals surface area contributed by atoms with E-state index in [4.69, 9.17) is 0 Å². The largest absolute Gasteiger partial charge is 0.274 e. The van der Waals surface area contributed by atoms with E-state index < -0.39 is 0 Å². The molecule has 1 heterocycles. The van der Waals surface area contributed by atoms with Gasteiger partial charge < -0.3 is 0 Å². The molecule has 3 rings (SSSR count). The third-order valence-electron chi connectivity index (χ3n) is 3.31. The molecule has 0 saturated carbocycles. The second-order valence-electron chi connectivity index (χ2n) is 4.84. The van der Waals surface area contributed by atoms with Gasteiger partial charge in [0.2, 0.25) is 0 Å². The van der Waals surface area contributed by atoms with Crippen LogP contribution >= 0.6 is 11.8 Å². The fraction of sp³-hybridized carbons (Fsp3) is 0.176. The Balaban J connectivity index is 1.85. The highest BCUT2D eigenvalue weighted by molar-refractivity contribution is 7.98. The molecule has 1 aromatic heterocycles. The minimum atomic E-state index is -0.213. The quantitative estimate of drug-likeness (QED) is 0.659. The fourth-order valence-electron chi connectivity index (χ4n) is 2.19. The van der Waals surface area contributed by atoms with Crippen molar-refractivity contribution in [3.63, 3.8) is 0 Å². The van der Waals surface area contributed by atoms with Crippen LogP contribution in [-0.2, 0) is 12.2 Å². The molecule has 0 fully saturated rings. The second-order valence-corrected chi connectivity index (χ2v) is 5.78. The van der Waals surface area contributed by atoms with Crippen molar-refractivity contribution in [2.45, 2.75) is 24.3 Å².